The van der Waals surface area contributed by atoms with Crippen LogP contribution in [0.3, 0.4) is 0 Å². The number of aryl methyl sites for hydroxylation is 1. The number of hydrogen-bond acceptors (Lipinski definition) is 8. The van der Waals surface area contributed by atoms with Gasteiger partial charge in [-0.3, -0.25) is 14.5 Å². The van der Waals surface area contributed by atoms with Gasteiger partial charge >= 0.3 is 5.97 Å². The number of nitrogens with zero attached hydrogens (tertiary/aromatic N) is 1. The van der Waals surface area contributed by atoms with Gasteiger partial charge in [-0.1, -0.05) is 35.9 Å². The molecule has 1 aliphatic rings. The number of benzene rings is 2. The number of carbonyl (C=O) groups is 3. The molecule has 1 saturated heterocycles. The number of carboxylic acid groups (broad SMARTS) is 1. The normalized spacial score (nSPS) is 18.3. The fourth-order valence-electron chi connectivity index (χ4n) is 3.22. The maximum Gasteiger partial charge on any atom is 0.356 e. The fourth-order valence-corrected chi connectivity index (χ4v) is 6.69. The highest BCUT2D eigenvalue weighted by Gasteiger charge is 2.54. The predicted molar refractivity (Wildman–Crippen MR) is 128 cm³/mol. The third kappa shape index (κ3) is 5.95. The topological polar surface area (TPSA) is 139 Å². The number of carboxylic acids is 1. The molecular formula is C23H24N2O8S2. The largest absolute Gasteiger partial charge is 0.499 e. The van der Waals surface area contributed by atoms with Crippen molar-refractivity contribution in [2.24, 2.45) is 0 Å². The number of amides is 2. The van der Waals surface area contributed by atoms with E-state index in [9.17, 15) is 27.9 Å². The lowest BCUT2D eigenvalue weighted by Crippen LogP contribution is -2.70. The second kappa shape index (κ2) is 10.8. The van der Waals surface area contributed by atoms with Crippen LogP contribution in [0.25, 0.3) is 0 Å². The number of ether oxygens (including phenoxy) is 2. The van der Waals surface area contributed by atoms with Crippen LogP contribution in [0.1, 0.15) is 12.5 Å². The fraction of sp³-hybridized carbons (Fsp3) is 0.261. The molecular weight excluding hydrogens is 496 g/mol. The zero-order chi connectivity index (χ0) is 25.8. The Bertz CT molecular complexity index is 1240. The van der Waals surface area contributed by atoms with Crippen LogP contribution in [0, 0.1) is 6.92 Å². The molecule has 1 heterocycles. The van der Waals surface area contributed by atoms with Crippen molar-refractivity contribution in [1.82, 2.24) is 10.2 Å². The Morgan fingerprint density at radius 2 is 1.74 bits per heavy atom. The highest BCUT2D eigenvalue weighted by molar-refractivity contribution is 8.72. The Morgan fingerprint density at radius 3 is 2.31 bits per heavy atom. The first kappa shape index (κ1) is 26.1. The Hall–Kier alpha value is -3.51. The number of carbonyl (C=O) groups excluding carboxylic acids is 2. The second-order valence-corrected chi connectivity index (χ2v) is 11.5. The summed E-state index contributed by atoms with van der Waals surface area (Å²) >= 11 is 0. The molecule has 186 valence electrons. The van der Waals surface area contributed by atoms with Gasteiger partial charge in [0.25, 0.3) is 11.8 Å². The smallest absolute Gasteiger partial charge is 0.356 e. The lowest BCUT2D eigenvalue weighted by molar-refractivity contribution is -0.151. The molecule has 10 nitrogen and oxygen atoms in total. The van der Waals surface area contributed by atoms with Crippen molar-refractivity contribution in [2.45, 2.75) is 30.2 Å². The van der Waals surface area contributed by atoms with Crippen molar-refractivity contribution in [1.29, 1.82) is 0 Å². The minimum atomic E-state index is -4.03. The van der Waals surface area contributed by atoms with E-state index in [-0.39, 0.29) is 10.7 Å². The molecule has 12 heteroatoms. The number of methoxy groups -OCH3 is 1. The third-order valence-corrected chi connectivity index (χ3v) is 8.80. The number of aliphatic carboxylic acids is 1. The molecule has 35 heavy (non-hydrogen) atoms. The lowest BCUT2D eigenvalue weighted by atomic mass is 10.1. The van der Waals surface area contributed by atoms with E-state index in [1.165, 1.54) is 26.2 Å². The van der Waals surface area contributed by atoms with Gasteiger partial charge < -0.3 is 19.9 Å². The maximum atomic E-state index is 13.1. The molecule has 2 N–H and O–H groups in total. The highest BCUT2D eigenvalue weighted by Crippen LogP contribution is 2.40. The number of nitrogens with one attached hydrogen (secondary N) is 1. The summed E-state index contributed by atoms with van der Waals surface area (Å²) in [5.41, 5.74) is 0.338. The van der Waals surface area contributed by atoms with Gasteiger partial charge in [0.15, 0.2) is 12.3 Å². The van der Waals surface area contributed by atoms with E-state index in [2.05, 4.69) is 5.32 Å². The van der Waals surface area contributed by atoms with Crippen molar-refractivity contribution >= 4 is 37.4 Å². The van der Waals surface area contributed by atoms with Crippen LogP contribution in [0.2, 0.25) is 0 Å². The predicted octanol–water partition coefficient (Wildman–Crippen LogP) is 2.11. The van der Waals surface area contributed by atoms with Crippen molar-refractivity contribution in [3.8, 4) is 5.75 Å². The molecule has 0 spiro atoms. The molecule has 0 radical (unpaired) electrons. The van der Waals surface area contributed by atoms with Crippen molar-refractivity contribution in [3.05, 3.63) is 71.6 Å². The summed E-state index contributed by atoms with van der Waals surface area (Å²) < 4.78 is 36.5. The van der Waals surface area contributed by atoms with Crippen LogP contribution < -0.4 is 10.1 Å². The molecule has 2 atom stereocenters. The first-order chi connectivity index (χ1) is 16.5. The second-order valence-electron chi connectivity index (χ2n) is 7.52. The Kier molecular flexibility index (Phi) is 8.07. The summed E-state index contributed by atoms with van der Waals surface area (Å²) in [4.78, 5) is 38.1. The molecule has 0 saturated carbocycles. The number of likely N-dealkylation sites (tertiary alicyclic amines) is 1. The maximum absolute atomic E-state index is 13.1. The van der Waals surface area contributed by atoms with Gasteiger partial charge in [0.2, 0.25) is 8.87 Å². The summed E-state index contributed by atoms with van der Waals surface area (Å²) in [6, 6.07) is 13.3. The molecule has 0 bridgehead atoms. The van der Waals surface area contributed by atoms with E-state index < -0.39 is 50.4 Å². The lowest BCUT2D eigenvalue weighted by Gasteiger charge is -2.46. The first-order valence-electron chi connectivity index (χ1n) is 10.3. The SMILES string of the molecule is COC(C)=C(C(=O)O)N1C(=O)C(NC(=O)COc2ccccc2)C1SS(=O)(=O)c1ccc(C)cc1. The van der Waals surface area contributed by atoms with Gasteiger partial charge in [0, 0.05) is 10.8 Å². The number of allylic oxidation sites excluding steroid dienone is 1. The number of rotatable bonds is 10. The van der Waals surface area contributed by atoms with Gasteiger partial charge in [-0.2, -0.15) is 0 Å². The average Bonchev–Trinajstić information content (AvgIpc) is 2.83. The molecule has 3 rings (SSSR count). The Morgan fingerprint density at radius 1 is 1.11 bits per heavy atom. The zero-order valence-electron chi connectivity index (χ0n) is 19.1. The van der Waals surface area contributed by atoms with E-state index in [0.29, 0.717) is 16.5 Å². The standard InChI is InChI=1S/C23H24N2O8S2/c1-14-9-11-17(12-10-14)35(30,31)34-22-19(21(27)25(22)20(23(28)29)15(2)32-3)24-18(26)13-33-16-7-5-4-6-8-16/h4-12,19,22H,13H2,1-3H3,(H,24,26)(H,28,29). The molecule has 2 amide bonds. The molecule has 1 fully saturated rings. The summed E-state index contributed by atoms with van der Waals surface area (Å²) in [5, 5.41) is 10.9. The van der Waals surface area contributed by atoms with E-state index in [4.69, 9.17) is 9.47 Å². The average molecular weight is 521 g/mol. The molecule has 2 aromatic carbocycles. The number of β-lactam (4-membered cyclic amide) rings is 1. The zero-order valence-corrected chi connectivity index (χ0v) is 20.8. The van der Waals surface area contributed by atoms with Gasteiger partial charge in [-0.15, -0.1) is 0 Å². The summed E-state index contributed by atoms with van der Waals surface area (Å²) in [7, 11) is -2.43. The van der Waals surface area contributed by atoms with Gasteiger partial charge in [-0.25, -0.2) is 13.2 Å². The van der Waals surface area contributed by atoms with Crippen LogP contribution in [-0.4, -0.2) is 61.3 Å². The summed E-state index contributed by atoms with van der Waals surface area (Å²) in [6.45, 7) is 2.72. The molecule has 1 aliphatic heterocycles. The van der Waals surface area contributed by atoms with E-state index in [1.807, 2.05) is 0 Å². The van der Waals surface area contributed by atoms with Crippen LogP contribution in [0.4, 0.5) is 0 Å². The summed E-state index contributed by atoms with van der Waals surface area (Å²) in [5.74, 6) is -2.60. The monoisotopic (exact) mass is 520 g/mol. The van der Waals surface area contributed by atoms with Gasteiger partial charge in [0.05, 0.1) is 12.0 Å². The number of hydrogen-bond donors (Lipinski definition) is 2. The molecule has 0 aliphatic carbocycles. The highest BCUT2D eigenvalue weighted by atomic mass is 33.1. The van der Waals surface area contributed by atoms with E-state index in [1.54, 1.807) is 49.4 Å². The van der Waals surface area contributed by atoms with Gasteiger partial charge in [0.1, 0.15) is 22.9 Å². The quantitative estimate of drug-likeness (QED) is 0.209. The minimum absolute atomic E-state index is 0.0193. The Labute approximate surface area is 206 Å². The van der Waals surface area contributed by atoms with Crippen LogP contribution in [0.15, 0.2) is 70.9 Å². The van der Waals surface area contributed by atoms with Gasteiger partial charge in [-0.05, 0) is 38.1 Å². The van der Waals surface area contributed by atoms with Crippen LogP contribution >= 0.6 is 10.8 Å². The van der Waals surface area contributed by atoms with Crippen LogP contribution in [0.5, 0.6) is 5.75 Å². The van der Waals surface area contributed by atoms with Crippen molar-refractivity contribution in [3.63, 3.8) is 0 Å². The first-order valence-corrected chi connectivity index (χ1v) is 13.2. The third-order valence-electron chi connectivity index (χ3n) is 5.09. The van der Waals surface area contributed by atoms with E-state index >= 15 is 0 Å². The van der Waals surface area contributed by atoms with Crippen molar-refractivity contribution < 1.29 is 37.4 Å². The number of para-hydroxylation sites is 1. The minimum Gasteiger partial charge on any atom is -0.499 e. The van der Waals surface area contributed by atoms with E-state index in [0.717, 1.165) is 10.5 Å². The molecule has 2 aromatic rings. The Balaban J connectivity index is 1.86. The molecule has 2 unspecified atom stereocenters. The van der Waals surface area contributed by atoms with Crippen LogP contribution in [-0.2, 0) is 28.0 Å². The summed E-state index contributed by atoms with van der Waals surface area (Å²) in [6.07, 6.45) is 0. The van der Waals surface area contributed by atoms with Crippen molar-refractivity contribution in [2.75, 3.05) is 13.7 Å². The molecule has 0 aromatic heterocycles.